The molecule has 1 aliphatic rings. The van der Waals surface area contributed by atoms with E-state index in [2.05, 4.69) is 41.8 Å². The lowest BCUT2D eigenvalue weighted by Gasteiger charge is -2.32. The van der Waals surface area contributed by atoms with E-state index in [0.717, 1.165) is 32.5 Å². The number of benzene rings is 1. The Morgan fingerprint density at radius 1 is 1.29 bits per heavy atom. The number of rotatable bonds is 4. The molecule has 1 aromatic rings. The van der Waals surface area contributed by atoms with Gasteiger partial charge in [0.25, 0.3) is 0 Å². The van der Waals surface area contributed by atoms with Gasteiger partial charge in [0.1, 0.15) is 0 Å². The van der Waals surface area contributed by atoms with Gasteiger partial charge in [-0.1, -0.05) is 24.3 Å². The summed E-state index contributed by atoms with van der Waals surface area (Å²) in [6, 6.07) is 8.37. The van der Waals surface area contributed by atoms with Gasteiger partial charge in [-0.3, -0.25) is 0 Å². The molecular weight excluding hydrogens is 212 g/mol. The van der Waals surface area contributed by atoms with E-state index in [0.29, 0.717) is 6.54 Å². The van der Waals surface area contributed by atoms with Crippen LogP contribution in [0.3, 0.4) is 0 Å². The Kier molecular flexibility index (Phi) is 4.15. The third-order valence-electron chi connectivity index (χ3n) is 3.57. The number of aliphatic hydroxyl groups is 1. The minimum absolute atomic E-state index is 0.520. The predicted octanol–water partition coefficient (Wildman–Crippen LogP) is 1.20. The van der Waals surface area contributed by atoms with Crippen LogP contribution in [0.25, 0.3) is 0 Å². The Morgan fingerprint density at radius 3 is 2.71 bits per heavy atom. The molecule has 1 fully saturated rings. The van der Waals surface area contributed by atoms with Gasteiger partial charge in [0.05, 0.1) is 5.60 Å². The Morgan fingerprint density at radius 2 is 2.00 bits per heavy atom. The number of hydrogen-bond donors (Lipinski definition) is 3. The van der Waals surface area contributed by atoms with Crippen molar-refractivity contribution in [3.8, 4) is 0 Å². The summed E-state index contributed by atoms with van der Waals surface area (Å²) in [5, 5.41) is 17.0. The summed E-state index contributed by atoms with van der Waals surface area (Å²) in [5.41, 5.74) is 2.09. The zero-order chi connectivity index (χ0) is 12.1. The molecule has 0 atom stereocenters. The molecule has 0 aliphatic carbocycles. The molecule has 2 rings (SSSR count). The van der Waals surface area contributed by atoms with Gasteiger partial charge in [-0.05, 0) is 44.0 Å². The lowest BCUT2D eigenvalue weighted by Crippen LogP contribution is -2.48. The first-order chi connectivity index (χ1) is 8.20. The summed E-state index contributed by atoms with van der Waals surface area (Å²) >= 11 is 0. The lowest BCUT2D eigenvalue weighted by molar-refractivity contribution is 0.0109. The van der Waals surface area contributed by atoms with Crippen LogP contribution < -0.4 is 10.6 Å². The first kappa shape index (κ1) is 12.6. The molecular formula is C14H22N2O. The lowest BCUT2D eigenvalue weighted by atomic mass is 9.92. The molecule has 3 N–H and O–H groups in total. The maximum atomic E-state index is 10.3. The second-order valence-corrected chi connectivity index (χ2v) is 5.00. The first-order valence-corrected chi connectivity index (χ1v) is 6.38. The molecule has 3 nitrogen and oxygen atoms in total. The Balaban J connectivity index is 1.81. The average Bonchev–Trinajstić information content (AvgIpc) is 2.32. The van der Waals surface area contributed by atoms with Crippen LogP contribution in [0.1, 0.15) is 24.0 Å². The van der Waals surface area contributed by atoms with E-state index in [1.165, 1.54) is 11.1 Å². The van der Waals surface area contributed by atoms with Crippen LogP contribution in [-0.4, -0.2) is 30.3 Å². The molecule has 1 aromatic carbocycles. The van der Waals surface area contributed by atoms with Gasteiger partial charge >= 0.3 is 0 Å². The van der Waals surface area contributed by atoms with Crippen molar-refractivity contribution in [1.29, 1.82) is 0 Å². The largest absolute Gasteiger partial charge is 0.388 e. The highest BCUT2D eigenvalue weighted by Crippen LogP contribution is 2.17. The molecule has 0 bridgehead atoms. The monoisotopic (exact) mass is 234 g/mol. The maximum absolute atomic E-state index is 10.3. The fraction of sp³-hybridized carbons (Fsp3) is 0.571. The topological polar surface area (TPSA) is 44.3 Å². The van der Waals surface area contributed by atoms with Crippen molar-refractivity contribution in [2.45, 2.75) is 31.9 Å². The molecule has 0 saturated carbocycles. The van der Waals surface area contributed by atoms with Gasteiger partial charge in [0.2, 0.25) is 0 Å². The average molecular weight is 234 g/mol. The van der Waals surface area contributed by atoms with Crippen LogP contribution in [0.4, 0.5) is 0 Å². The van der Waals surface area contributed by atoms with Gasteiger partial charge in [-0.15, -0.1) is 0 Å². The molecule has 0 spiro atoms. The molecule has 1 heterocycles. The number of piperidine rings is 1. The molecule has 1 aliphatic heterocycles. The third-order valence-corrected chi connectivity index (χ3v) is 3.57. The zero-order valence-electron chi connectivity index (χ0n) is 10.5. The minimum Gasteiger partial charge on any atom is -0.388 e. The molecule has 0 radical (unpaired) electrons. The highest BCUT2D eigenvalue weighted by atomic mass is 16.3. The third kappa shape index (κ3) is 3.53. The highest BCUT2D eigenvalue weighted by Gasteiger charge is 2.28. The highest BCUT2D eigenvalue weighted by molar-refractivity contribution is 5.25. The quantitative estimate of drug-likeness (QED) is 0.733. The second-order valence-electron chi connectivity index (χ2n) is 5.00. The molecule has 94 valence electrons. The van der Waals surface area contributed by atoms with Crippen LogP contribution in [0, 0.1) is 6.92 Å². The van der Waals surface area contributed by atoms with Crippen molar-refractivity contribution in [2.24, 2.45) is 0 Å². The number of aryl methyl sites for hydroxylation is 1. The van der Waals surface area contributed by atoms with E-state index in [1.54, 1.807) is 0 Å². The summed E-state index contributed by atoms with van der Waals surface area (Å²) in [6.45, 7) is 5.48. The summed E-state index contributed by atoms with van der Waals surface area (Å²) in [4.78, 5) is 0. The molecule has 1 saturated heterocycles. The van der Waals surface area contributed by atoms with Crippen LogP contribution >= 0.6 is 0 Å². The molecule has 0 aromatic heterocycles. The van der Waals surface area contributed by atoms with E-state index in [9.17, 15) is 5.11 Å². The van der Waals surface area contributed by atoms with Crippen molar-refractivity contribution in [2.75, 3.05) is 19.6 Å². The van der Waals surface area contributed by atoms with E-state index >= 15 is 0 Å². The van der Waals surface area contributed by atoms with Gasteiger partial charge < -0.3 is 15.7 Å². The van der Waals surface area contributed by atoms with Crippen LogP contribution in [0.5, 0.6) is 0 Å². The van der Waals surface area contributed by atoms with Gasteiger partial charge in [-0.25, -0.2) is 0 Å². The molecule has 3 heteroatoms. The molecule has 0 amide bonds. The standard InChI is InChI=1S/C14H22N2O/c1-12-4-2-3-5-13(12)10-16-11-14(17)6-8-15-9-7-14/h2-5,15-17H,6-11H2,1H3. The number of nitrogens with one attached hydrogen (secondary N) is 2. The Bertz CT molecular complexity index is 359. The number of hydrogen-bond acceptors (Lipinski definition) is 3. The smallest absolute Gasteiger partial charge is 0.0795 e. The van der Waals surface area contributed by atoms with Crippen molar-refractivity contribution in [3.05, 3.63) is 35.4 Å². The van der Waals surface area contributed by atoms with Crippen LogP contribution in [0.15, 0.2) is 24.3 Å². The van der Waals surface area contributed by atoms with Gasteiger partial charge in [-0.2, -0.15) is 0 Å². The van der Waals surface area contributed by atoms with E-state index in [-0.39, 0.29) is 0 Å². The van der Waals surface area contributed by atoms with Crippen LogP contribution in [-0.2, 0) is 6.54 Å². The van der Waals surface area contributed by atoms with Gasteiger partial charge in [0.15, 0.2) is 0 Å². The SMILES string of the molecule is Cc1ccccc1CNCC1(O)CCNCC1. The van der Waals surface area contributed by atoms with Crippen molar-refractivity contribution in [1.82, 2.24) is 10.6 Å². The van der Waals surface area contributed by atoms with E-state index < -0.39 is 5.60 Å². The fourth-order valence-electron chi connectivity index (χ4n) is 2.31. The van der Waals surface area contributed by atoms with Crippen molar-refractivity contribution < 1.29 is 5.11 Å². The minimum atomic E-state index is -0.520. The van der Waals surface area contributed by atoms with Crippen molar-refractivity contribution >= 4 is 0 Å². The summed E-state index contributed by atoms with van der Waals surface area (Å²) in [6.07, 6.45) is 1.68. The molecule has 0 unspecified atom stereocenters. The van der Waals surface area contributed by atoms with E-state index in [4.69, 9.17) is 0 Å². The second kappa shape index (κ2) is 5.63. The molecule has 17 heavy (non-hydrogen) atoms. The fourth-order valence-corrected chi connectivity index (χ4v) is 2.31. The zero-order valence-corrected chi connectivity index (χ0v) is 10.5. The Labute approximate surface area is 103 Å². The summed E-state index contributed by atoms with van der Waals surface area (Å²) < 4.78 is 0. The normalized spacial score (nSPS) is 19.2. The predicted molar refractivity (Wildman–Crippen MR) is 69.9 cm³/mol. The maximum Gasteiger partial charge on any atom is 0.0795 e. The first-order valence-electron chi connectivity index (χ1n) is 6.38. The van der Waals surface area contributed by atoms with Crippen molar-refractivity contribution in [3.63, 3.8) is 0 Å². The van der Waals surface area contributed by atoms with Crippen LogP contribution in [0.2, 0.25) is 0 Å². The summed E-state index contributed by atoms with van der Waals surface area (Å²) in [5.74, 6) is 0. The van der Waals surface area contributed by atoms with E-state index in [1.807, 2.05) is 0 Å². The Hall–Kier alpha value is -0.900. The summed E-state index contributed by atoms with van der Waals surface area (Å²) in [7, 11) is 0. The van der Waals surface area contributed by atoms with Gasteiger partial charge in [0, 0.05) is 13.1 Å².